The monoisotopic (exact) mass is 263 g/mol. The van der Waals surface area contributed by atoms with Crippen LogP contribution in [0.1, 0.15) is 31.2 Å². The van der Waals surface area contributed by atoms with Gasteiger partial charge in [0, 0.05) is 13.2 Å². The molecule has 0 aromatic heterocycles. The van der Waals surface area contributed by atoms with Crippen LogP contribution >= 0.6 is 0 Å². The number of hydrogen-bond acceptors (Lipinski definition) is 3. The highest BCUT2D eigenvalue weighted by Crippen LogP contribution is 2.32. The summed E-state index contributed by atoms with van der Waals surface area (Å²) in [5.41, 5.74) is 5.55. The number of carbonyl (C=O) groups is 1. The van der Waals surface area contributed by atoms with E-state index in [1.165, 1.54) is 0 Å². The largest absolute Gasteiger partial charge is 0.481 e. The smallest absolute Gasteiger partial charge is 0.315 e. The molecule has 1 fully saturated rings. The molecule has 1 aliphatic rings. The summed E-state index contributed by atoms with van der Waals surface area (Å²) < 4.78 is 5.69. The van der Waals surface area contributed by atoms with Crippen LogP contribution in [-0.4, -0.2) is 30.3 Å². The maximum absolute atomic E-state index is 11.8. The second-order valence-corrected chi connectivity index (χ2v) is 5.15. The Balaban J connectivity index is 2.26. The number of rotatable bonds is 5. The van der Waals surface area contributed by atoms with E-state index in [2.05, 4.69) is 0 Å². The Morgan fingerprint density at radius 1 is 1.37 bits per heavy atom. The lowest BCUT2D eigenvalue weighted by molar-refractivity contribution is -0.145. The van der Waals surface area contributed by atoms with Crippen LogP contribution in [0, 0.1) is 0 Å². The maximum atomic E-state index is 11.8. The van der Waals surface area contributed by atoms with Crippen LogP contribution in [0.2, 0.25) is 0 Å². The molecule has 1 heterocycles. The van der Waals surface area contributed by atoms with Crippen LogP contribution in [0.3, 0.4) is 0 Å². The Hall–Kier alpha value is -1.39. The fourth-order valence-electron chi connectivity index (χ4n) is 2.73. The number of ether oxygens (including phenoxy) is 1. The van der Waals surface area contributed by atoms with Crippen LogP contribution in [0.15, 0.2) is 30.3 Å². The molecule has 19 heavy (non-hydrogen) atoms. The van der Waals surface area contributed by atoms with Crippen molar-refractivity contribution >= 4 is 5.97 Å². The molecule has 1 aromatic carbocycles. The van der Waals surface area contributed by atoms with Crippen LogP contribution in [-0.2, 0) is 14.9 Å². The van der Waals surface area contributed by atoms with Crippen molar-refractivity contribution in [2.75, 3.05) is 13.2 Å². The van der Waals surface area contributed by atoms with Crippen molar-refractivity contribution < 1.29 is 14.6 Å². The Morgan fingerprint density at radius 2 is 2.11 bits per heavy atom. The van der Waals surface area contributed by atoms with Gasteiger partial charge in [-0.2, -0.15) is 0 Å². The lowest BCUT2D eigenvalue weighted by atomic mass is 9.75. The molecule has 4 nitrogen and oxygen atoms in total. The van der Waals surface area contributed by atoms with Gasteiger partial charge in [-0.15, -0.1) is 0 Å². The highest BCUT2D eigenvalue weighted by Gasteiger charge is 2.41. The first-order valence-electron chi connectivity index (χ1n) is 6.79. The lowest BCUT2D eigenvalue weighted by Crippen LogP contribution is -2.46. The number of carboxylic acids is 1. The molecule has 0 spiro atoms. The van der Waals surface area contributed by atoms with Crippen molar-refractivity contribution in [3.8, 4) is 0 Å². The SMILES string of the molecule is NCC(CC1CCCCO1)(C(=O)O)c1ccccc1. The molecule has 2 atom stereocenters. The third kappa shape index (κ3) is 2.96. The molecule has 0 bridgehead atoms. The summed E-state index contributed by atoms with van der Waals surface area (Å²) >= 11 is 0. The number of carboxylic acid groups (broad SMARTS) is 1. The molecule has 1 saturated heterocycles. The first kappa shape index (κ1) is 14.0. The van der Waals surface area contributed by atoms with E-state index in [4.69, 9.17) is 10.5 Å². The van der Waals surface area contributed by atoms with Gasteiger partial charge < -0.3 is 15.6 Å². The molecule has 1 aromatic rings. The normalized spacial score (nSPS) is 22.7. The van der Waals surface area contributed by atoms with E-state index in [-0.39, 0.29) is 12.6 Å². The highest BCUT2D eigenvalue weighted by atomic mass is 16.5. The fourth-order valence-corrected chi connectivity index (χ4v) is 2.73. The molecular formula is C15H21NO3. The van der Waals surface area contributed by atoms with Crippen molar-refractivity contribution in [1.29, 1.82) is 0 Å². The number of nitrogens with two attached hydrogens (primary N) is 1. The van der Waals surface area contributed by atoms with Gasteiger partial charge in [0.15, 0.2) is 0 Å². The van der Waals surface area contributed by atoms with Gasteiger partial charge in [-0.05, 0) is 31.2 Å². The minimum atomic E-state index is -1.04. The molecule has 2 rings (SSSR count). The van der Waals surface area contributed by atoms with E-state index in [9.17, 15) is 9.90 Å². The summed E-state index contributed by atoms with van der Waals surface area (Å²) in [6.45, 7) is 0.811. The second kappa shape index (κ2) is 6.17. The van der Waals surface area contributed by atoms with E-state index in [1.807, 2.05) is 30.3 Å². The molecule has 0 radical (unpaired) electrons. The summed E-state index contributed by atoms with van der Waals surface area (Å²) in [6.07, 6.45) is 3.52. The zero-order valence-corrected chi connectivity index (χ0v) is 11.0. The van der Waals surface area contributed by atoms with Gasteiger partial charge in [0.05, 0.1) is 6.10 Å². The van der Waals surface area contributed by atoms with Crippen molar-refractivity contribution in [3.05, 3.63) is 35.9 Å². The maximum Gasteiger partial charge on any atom is 0.315 e. The summed E-state index contributed by atoms with van der Waals surface area (Å²) in [4.78, 5) is 11.8. The van der Waals surface area contributed by atoms with Gasteiger partial charge in [0.2, 0.25) is 0 Å². The molecule has 0 aliphatic carbocycles. The van der Waals surface area contributed by atoms with Crippen LogP contribution in [0.4, 0.5) is 0 Å². The molecule has 1 aliphatic heterocycles. The van der Waals surface area contributed by atoms with E-state index in [0.717, 1.165) is 31.4 Å². The average molecular weight is 263 g/mol. The van der Waals surface area contributed by atoms with Gasteiger partial charge in [0.1, 0.15) is 5.41 Å². The molecule has 0 amide bonds. The Labute approximate surface area is 113 Å². The second-order valence-electron chi connectivity index (χ2n) is 5.15. The Bertz CT molecular complexity index is 415. The predicted octanol–water partition coefficient (Wildman–Crippen LogP) is 1.93. The average Bonchev–Trinajstić information content (AvgIpc) is 2.46. The number of benzene rings is 1. The van der Waals surface area contributed by atoms with Gasteiger partial charge in [0.25, 0.3) is 0 Å². The zero-order chi connectivity index (χ0) is 13.7. The third-order valence-corrected chi connectivity index (χ3v) is 3.93. The van der Waals surface area contributed by atoms with Crippen molar-refractivity contribution in [2.45, 2.75) is 37.2 Å². The van der Waals surface area contributed by atoms with Crippen LogP contribution in [0.25, 0.3) is 0 Å². The highest BCUT2D eigenvalue weighted by molar-refractivity contribution is 5.81. The van der Waals surface area contributed by atoms with Gasteiger partial charge in [-0.25, -0.2) is 0 Å². The number of hydrogen-bond donors (Lipinski definition) is 2. The summed E-state index contributed by atoms with van der Waals surface area (Å²) in [5.74, 6) is -0.865. The van der Waals surface area contributed by atoms with Crippen molar-refractivity contribution in [1.82, 2.24) is 0 Å². The van der Waals surface area contributed by atoms with E-state index >= 15 is 0 Å². The summed E-state index contributed by atoms with van der Waals surface area (Å²) in [7, 11) is 0. The topological polar surface area (TPSA) is 72.5 Å². The van der Waals surface area contributed by atoms with Gasteiger partial charge >= 0.3 is 5.97 Å². The van der Waals surface area contributed by atoms with Gasteiger partial charge in [-0.3, -0.25) is 4.79 Å². The molecule has 0 saturated carbocycles. The summed E-state index contributed by atoms with van der Waals surface area (Å²) in [5, 5.41) is 9.67. The van der Waals surface area contributed by atoms with Crippen molar-refractivity contribution in [3.63, 3.8) is 0 Å². The van der Waals surface area contributed by atoms with E-state index in [1.54, 1.807) is 0 Å². The van der Waals surface area contributed by atoms with E-state index in [0.29, 0.717) is 6.42 Å². The van der Waals surface area contributed by atoms with Crippen LogP contribution in [0.5, 0.6) is 0 Å². The number of aliphatic carboxylic acids is 1. The molecule has 2 unspecified atom stereocenters. The lowest BCUT2D eigenvalue weighted by Gasteiger charge is -2.34. The minimum absolute atomic E-state index is 0.00592. The molecule has 4 heteroatoms. The Kier molecular flexibility index (Phi) is 4.56. The predicted molar refractivity (Wildman–Crippen MR) is 73.0 cm³/mol. The molecular weight excluding hydrogens is 242 g/mol. The first-order valence-corrected chi connectivity index (χ1v) is 6.79. The zero-order valence-electron chi connectivity index (χ0n) is 11.0. The Morgan fingerprint density at radius 3 is 2.63 bits per heavy atom. The van der Waals surface area contributed by atoms with Crippen LogP contribution < -0.4 is 5.73 Å². The quantitative estimate of drug-likeness (QED) is 0.851. The third-order valence-electron chi connectivity index (χ3n) is 3.93. The fraction of sp³-hybridized carbons (Fsp3) is 0.533. The molecule has 104 valence electrons. The first-order chi connectivity index (χ1) is 9.19. The molecule has 3 N–H and O–H groups in total. The van der Waals surface area contributed by atoms with Gasteiger partial charge in [-0.1, -0.05) is 30.3 Å². The van der Waals surface area contributed by atoms with Crippen molar-refractivity contribution in [2.24, 2.45) is 5.73 Å². The standard InChI is InChI=1S/C15H21NO3/c16-11-15(14(17)18,12-6-2-1-3-7-12)10-13-8-4-5-9-19-13/h1-3,6-7,13H,4-5,8-11,16H2,(H,17,18). The minimum Gasteiger partial charge on any atom is -0.481 e. The summed E-state index contributed by atoms with van der Waals surface area (Å²) in [6, 6.07) is 9.26. The van der Waals surface area contributed by atoms with E-state index < -0.39 is 11.4 Å².